The number of carbonyl (C=O) groups excluding carboxylic acids is 1. The van der Waals surface area contributed by atoms with Crippen LogP contribution in [-0.4, -0.2) is 23.9 Å². The molecule has 0 fully saturated rings. The summed E-state index contributed by atoms with van der Waals surface area (Å²) in [6.45, 7) is -0.849. The molecule has 0 aliphatic rings. The number of nitrogens with two attached hydrogens (primary N) is 1. The molecule has 0 spiro atoms. The van der Waals surface area contributed by atoms with Crippen molar-refractivity contribution < 1.29 is 41.0 Å². The molecule has 3 N–H and O–H groups in total. The Morgan fingerprint density at radius 1 is 0.966 bits per heavy atom. The molecule has 0 aromatic heterocycles. The van der Waals surface area contributed by atoms with Gasteiger partial charge in [-0.15, -0.1) is 0 Å². The molecule has 2 unspecified atom stereocenters. The number of hydrogen-bond acceptors (Lipinski definition) is 3. The van der Waals surface area contributed by atoms with Crippen LogP contribution in [0.5, 0.6) is 0 Å². The van der Waals surface area contributed by atoms with Crippen molar-refractivity contribution in [3.63, 3.8) is 0 Å². The molecule has 0 bridgehead atoms. The minimum Gasteiger partial charge on any atom is -0.443 e. The van der Waals surface area contributed by atoms with Crippen LogP contribution in [0.4, 0.5) is 31.1 Å². The van der Waals surface area contributed by atoms with Gasteiger partial charge >= 0.3 is 18.4 Å². The van der Waals surface area contributed by atoms with E-state index in [4.69, 9.17) is 10.5 Å². The summed E-state index contributed by atoms with van der Waals surface area (Å²) < 4.78 is 83.9. The van der Waals surface area contributed by atoms with E-state index in [1.54, 1.807) is 30.3 Å². The lowest BCUT2D eigenvalue weighted by Crippen LogP contribution is -2.33. The third kappa shape index (κ3) is 6.11. The molecule has 1 amide bonds. The fourth-order valence-corrected chi connectivity index (χ4v) is 2.92. The van der Waals surface area contributed by atoms with Crippen molar-refractivity contribution in [2.75, 3.05) is 6.61 Å². The molecule has 10 heteroatoms. The second-order valence-electron chi connectivity index (χ2n) is 6.29. The van der Waals surface area contributed by atoms with E-state index < -0.39 is 53.8 Å². The Morgan fingerprint density at radius 3 is 1.90 bits per heavy atom. The summed E-state index contributed by atoms with van der Waals surface area (Å²) in [7, 11) is 0. The number of rotatable bonds is 6. The average Bonchev–Trinajstić information content (AvgIpc) is 2.63. The number of aliphatic hydroxyl groups is 1. The van der Waals surface area contributed by atoms with E-state index >= 15 is 0 Å². The molecule has 2 aromatic rings. The zero-order valence-electron chi connectivity index (χ0n) is 14.8. The molecule has 2 rings (SSSR count). The van der Waals surface area contributed by atoms with Crippen molar-refractivity contribution in [2.24, 2.45) is 5.73 Å². The van der Waals surface area contributed by atoms with Crippen LogP contribution in [0.1, 0.15) is 28.2 Å². The summed E-state index contributed by atoms with van der Waals surface area (Å²) in [5.41, 5.74) is 2.10. The van der Waals surface area contributed by atoms with E-state index in [1.807, 2.05) is 0 Å². The Bertz CT molecular complexity index is 804. The van der Waals surface area contributed by atoms with Gasteiger partial charge in [0.2, 0.25) is 0 Å². The molecule has 4 nitrogen and oxygen atoms in total. The second kappa shape index (κ2) is 8.73. The summed E-state index contributed by atoms with van der Waals surface area (Å²) in [5.74, 6) is -1.21. The predicted molar refractivity (Wildman–Crippen MR) is 90.9 cm³/mol. The highest BCUT2D eigenvalue weighted by Crippen LogP contribution is 2.39. The van der Waals surface area contributed by atoms with Crippen molar-refractivity contribution in [2.45, 2.75) is 30.8 Å². The van der Waals surface area contributed by atoms with Gasteiger partial charge in [0.1, 0.15) is 6.10 Å². The standard InChI is InChI=1S/C19H17F6NO3/c20-18(21,22)13-7-12(8-14(9-13)19(23,24)25)15(16(10-27)29-17(26)28)6-11-4-2-1-3-5-11/h1-5,7-9,15-16,27H,6,10H2,(H2,26,28). The summed E-state index contributed by atoms with van der Waals surface area (Å²) >= 11 is 0. The van der Waals surface area contributed by atoms with Gasteiger partial charge in [-0.05, 0) is 35.7 Å². The van der Waals surface area contributed by atoms with Crippen LogP contribution in [0, 0.1) is 0 Å². The lowest BCUT2D eigenvalue weighted by atomic mass is 9.85. The zero-order chi connectivity index (χ0) is 21.8. The molecule has 0 heterocycles. The highest BCUT2D eigenvalue weighted by Gasteiger charge is 2.38. The molecular formula is C19H17F6NO3. The minimum atomic E-state index is -5.04. The van der Waals surface area contributed by atoms with Crippen molar-refractivity contribution in [3.05, 3.63) is 70.8 Å². The van der Waals surface area contributed by atoms with Gasteiger partial charge in [-0.2, -0.15) is 26.3 Å². The Morgan fingerprint density at radius 2 is 1.48 bits per heavy atom. The molecule has 29 heavy (non-hydrogen) atoms. The van der Waals surface area contributed by atoms with Crippen LogP contribution in [0.25, 0.3) is 0 Å². The average molecular weight is 421 g/mol. The number of primary amides is 1. The third-order valence-corrected chi connectivity index (χ3v) is 4.23. The third-order valence-electron chi connectivity index (χ3n) is 4.23. The largest absolute Gasteiger partial charge is 0.443 e. The molecule has 2 aromatic carbocycles. The number of amides is 1. The van der Waals surface area contributed by atoms with Crippen molar-refractivity contribution in [1.29, 1.82) is 0 Å². The van der Waals surface area contributed by atoms with E-state index in [9.17, 15) is 36.2 Å². The molecule has 0 aliphatic carbocycles. The van der Waals surface area contributed by atoms with Crippen molar-refractivity contribution in [1.82, 2.24) is 0 Å². The van der Waals surface area contributed by atoms with Gasteiger partial charge in [0.15, 0.2) is 0 Å². The quantitative estimate of drug-likeness (QED) is 0.675. The smallest absolute Gasteiger partial charge is 0.416 e. The van der Waals surface area contributed by atoms with E-state index in [0.717, 1.165) is 0 Å². The summed E-state index contributed by atoms with van der Waals surface area (Å²) in [5, 5.41) is 9.57. The SMILES string of the molecule is NC(=O)OC(CO)C(Cc1ccccc1)c1cc(C(F)(F)F)cc(C(F)(F)F)c1. The van der Waals surface area contributed by atoms with Crippen molar-refractivity contribution >= 4 is 6.09 Å². The topological polar surface area (TPSA) is 72.6 Å². The zero-order valence-corrected chi connectivity index (χ0v) is 14.8. The van der Waals surface area contributed by atoms with Crippen LogP contribution in [0.3, 0.4) is 0 Å². The number of hydrogen-bond donors (Lipinski definition) is 2. The highest BCUT2D eigenvalue weighted by atomic mass is 19.4. The molecular weight excluding hydrogens is 404 g/mol. The summed E-state index contributed by atoms with van der Waals surface area (Å²) in [4.78, 5) is 11.1. The Hall–Kier alpha value is -2.75. The number of carbonyl (C=O) groups is 1. The van der Waals surface area contributed by atoms with Gasteiger partial charge in [-0.1, -0.05) is 30.3 Å². The number of benzene rings is 2. The minimum absolute atomic E-state index is 0.00592. The van der Waals surface area contributed by atoms with Gasteiger partial charge in [0.05, 0.1) is 17.7 Å². The number of halogens is 6. The monoisotopic (exact) mass is 421 g/mol. The normalized spacial score (nSPS) is 14.3. The fraction of sp³-hybridized carbons (Fsp3) is 0.316. The highest BCUT2D eigenvalue weighted by molar-refractivity contribution is 5.65. The number of alkyl halides is 6. The first-order valence-electron chi connectivity index (χ1n) is 8.32. The molecule has 0 aliphatic heterocycles. The predicted octanol–water partition coefficient (Wildman–Crippen LogP) is 4.51. The molecule has 0 radical (unpaired) electrons. The maximum atomic E-state index is 13.2. The lowest BCUT2D eigenvalue weighted by molar-refractivity contribution is -0.143. The first kappa shape index (κ1) is 22.5. The van der Waals surface area contributed by atoms with Gasteiger partial charge in [0.25, 0.3) is 0 Å². The van der Waals surface area contributed by atoms with Crippen LogP contribution < -0.4 is 5.73 Å². The van der Waals surface area contributed by atoms with E-state index in [0.29, 0.717) is 17.7 Å². The van der Waals surface area contributed by atoms with Crippen molar-refractivity contribution in [3.8, 4) is 0 Å². The van der Waals surface area contributed by atoms with Gasteiger partial charge in [0, 0.05) is 5.92 Å². The van der Waals surface area contributed by atoms with Gasteiger partial charge < -0.3 is 15.6 Å². The van der Waals surface area contributed by atoms with E-state index in [1.165, 1.54) is 0 Å². The Balaban J connectivity index is 2.62. The maximum Gasteiger partial charge on any atom is 0.416 e. The molecule has 0 saturated heterocycles. The first-order chi connectivity index (χ1) is 13.4. The second-order valence-corrected chi connectivity index (χ2v) is 6.29. The van der Waals surface area contributed by atoms with Crippen LogP contribution in [0.15, 0.2) is 48.5 Å². The molecule has 2 atom stereocenters. The number of aliphatic hydroxyl groups excluding tert-OH is 1. The molecule has 158 valence electrons. The Kier molecular flexibility index (Phi) is 6.78. The van der Waals surface area contributed by atoms with Crippen LogP contribution >= 0.6 is 0 Å². The lowest BCUT2D eigenvalue weighted by Gasteiger charge is -2.27. The summed E-state index contributed by atoms with van der Waals surface area (Å²) in [6.07, 6.45) is -12.9. The van der Waals surface area contributed by atoms with Crippen LogP contribution in [-0.2, 0) is 23.5 Å². The van der Waals surface area contributed by atoms with Gasteiger partial charge in [-0.3, -0.25) is 0 Å². The van der Waals surface area contributed by atoms with E-state index in [2.05, 4.69) is 0 Å². The summed E-state index contributed by atoms with van der Waals surface area (Å²) in [6, 6.07) is 9.24. The number of ether oxygens (including phenoxy) is 1. The molecule has 0 saturated carbocycles. The van der Waals surface area contributed by atoms with Crippen LogP contribution in [0.2, 0.25) is 0 Å². The first-order valence-corrected chi connectivity index (χ1v) is 8.32. The van der Waals surface area contributed by atoms with E-state index in [-0.39, 0.29) is 12.5 Å². The van der Waals surface area contributed by atoms with Gasteiger partial charge in [-0.25, -0.2) is 4.79 Å². The maximum absolute atomic E-state index is 13.2. The fourth-order valence-electron chi connectivity index (χ4n) is 2.92. The Labute approximate surface area is 161 Å².